The minimum Gasteiger partial charge on any atom is -0.462 e. The number of thiophene rings is 1. The summed E-state index contributed by atoms with van der Waals surface area (Å²) in [7, 11) is 0. The van der Waals surface area contributed by atoms with Gasteiger partial charge in [-0.15, -0.1) is 11.3 Å². The maximum absolute atomic E-state index is 13.9. The number of hydrogen-bond acceptors (Lipinski definition) is 5. The second-order valence-electron chi connectivity index (χ2n) is 11.5. The van der Waals surface area contributed by atoms with E-state index in [0.29, 0.717) is 28.7 Å². The van der Waals surface area contributed by atoms with Gasteiger partial charge < -0.3 is 10.1 Å². The van der Waals surface area contributed by atoms with Gasteiger partial charge in [0.1, 0.15) is 5.00 Å². The molecule has 6 heteroatoms. The molecule has 202 valence electrons. The van der Waals surface area contributed by atoms with Crippen LogP contribution in [0.5, 0.6) is 0 Å². The predicted octanol–water partition coefficient (Wildman–Crippen LogP) is 8.20. The summed E-state index contributed by atoms with van der Waals surface area (Å²) in [5, 5.41) is 4.46. The number of amides is 1. The van der Waals surface area contributed by atoms with Crippen molar-refractivity contribution >= 4 is 39.1 Å². The van der Waals surface area contributed by atoms with Crippen LogP contribution in [0, 0.1) is 5.92 Å². The molecular formula is C33H36N2O3S. The molecular weight excluding hydrogens is 504 g/mol. The van der Waals surface area contributed by atoms with Crippen LogP contribution in [-0.4, -0.2) is 23.5 Å². The van der Waals surface area contributed by atoms with Crippen LogP contribution in [0.2, 0.25) is 0 Å². The number of hydrogen-bond donors (Lipinski definition) is 1. The molecule has 39 heavy (non-hydrogen) atoms. The number of fused-ring (bicyclic) bond motifs is 2. The van der Waals surface area contributed by atoms with Crippen LogP contribution in [0.4, 0.5) is 5.00 Å². The van der Waals surface area contributed by atoms with Gasteiger partial charge in [-0.1, -0.05) is 77.1 Å². The quantitative estimate of drug-likeness (QED) is 0.250. The molecule has 1 atom stereocenters. The Kier molecular flexibility index (Phi) is 7.59. The van der Waals surface area contributed by atoms with E-state index in [1.165, 1.54) is 21.8 Å². The summed E-state index contributed by atoms with van der Waals surface area (Å²) < 4.78 is 5.54. The van der Waals surface area contributed by atoms with Crippen LogP contribution in [0.1, 0.15) is 84.2 Å². The van der Waals surface area contributed by atoms with Crippen LogP contribution in [-0.2, 0) is 23.0 Å². The minimum absolute atomic E-state index is 0.0496. The van der Waals surface area contributed by atoms with Crippen molar-refractivity contribution in [2.75, 3.05) is 11.9 Å². The van der Waals surface area contributed by atoms with E-state index in [-0.39, 0.29) is 17.3 Å². The highest BCUT2D eigenvalue weighted by atomic mass is 32.1. The summed E-state index contributed by atoms with van der Waals surface area (Å²) in [5.41, 5.74) is 5.82. The van der Waals surface area contributed by atoms with E-state index in [2.05, 4.69) is 57.3 Å². The molecule has 2 aromatic heterocycles. The number of aromatic nitrogens is 1. The van der Waals surface area contributed by atoms with E-state index in [1.807, 2.05) is 37.3 Å². The molecule has 0 saturated heterocycles. The van der Waals surface area contributed by atoms with Crippen molar-refractivity contribution in [3.05, 3.63) is 81.7 Å². The first kappa shape index (κ1) is 27.1. The lowest BCUT2D eigenvalue weighted by atomic mass is 9.86. The zero-order chi connectivity index (χ0) is 27.7. The zero-order valence-electron chi connectivity index (χ0n) is 23.4. The number of esters is 1. The molecule has 1 aliphatic carbocycles. The lowest BCUT2D eigenvalue weighted by Gasteiger charge is -2.19. The third kappa shape index (κ3) is 5.62. The van der Waals surface area contributed by atoms with Crippen molar-refractivity contribution in [3.63, 3.8) is 0 Å². The normalized spacial score (nSPS) is 15.2. The highest BCUT2D eigenvalue weighted by molar-refractivity contribution is 7.17. The number of nitrogens with one attached hydrogen (secondary N) is 1. The molecule has 1 amide bonds. The summed E-state index contributed by atoms with van der Waals surface area (Å²) in [6.45, 7) is 11.1. The van der Waals surface area contributed by atoms with Gasteiger partial charge in [0.25, 0.3) is 5.91 Å². The number of para-hydroxylation sites is 1. The Balaban J connectivity index is 1.54. The van der Waals surface area contributed by atoms with Gasteiger partial charge >= 0.3 is 5.97 Å². The van der Waals surface area contributed by atoms with Gasteiger partial charge in [-0.05, 0) is 60.3 Å². The first-order valence-corrected chi connectivity index (χ1v) is 14.6. The van der Waals surface area contributed by atoms with Crippen molar-refractivity contribution in [2.45, 2.75) is 65.7 Å². The topological polar surface area (TPSA) is 68.3 Å². The first-order valence-electron chi connectivity index (χ1n) is 13.8. The summed E-state index contributed by atoms with van der Waals surface area (Å²) in [5.74, 6) is -0.0497. The van der Waals surface area contributed by atoms with Gasteiger partial charge in [-0.3, -0.25) is 4.79 Å². The smallest absolute Gasteiger partial charge is 0.341 e. The van der Waals surface area contributed by atoms with Gasteiger partial charge in [0.15, 0.2) is 0 Å². The van der Waals surface area contributed by atoms with E-state index < -0.39 is 0 Å². The monoisotopic (exact) mass is 540 g/mol. The van der Waals surface area contributed by atoms with E-state index in [9.17, 15) is 9.59 Å². The fraction of sp³-hybridized carbons (Fsp3) is 0.364. The zero-order valence-corrected chi connectivity index (χ0v) is 24.2. The van der Waals surface area contributed by atoms with Gasteiger partial charge in [0.2, 0.25) is 0 Å². The van der Waals surface area contributed by atoms with Crippen LogP contribution in [0.15, 0.2) is 54.6 Å². The molecule has 1 aliphatic rings. The van der Waals surface area contributed by atoms with Crippen LogP contribution in [0.3, 0.4) is 0 Å². The molecule has 0 aliphatic heterocycles. The lowest BCUT2D eigenvalue weighted by Crippen LogP contribution is -2.17. The van der Waals surface area contributed by atoms with Crippen LogP contribution in [0.25, 0.3) is 22.2 Å². The summed E-state index contributed by atoms with van der Waals surface area (Å²) >= 11 is 1.51. The molecule has 2 aromatic carbocycles. The van der Waals surface area contributed by atoms with Crippen LogP contribution >= 0.6 is 11.3 Å². The molecule has 5 rings (SSSR count). The van der Waals surface area contributed by atoms with Crippen molar-refractivity contribution < 1.29 is 14.3 Å². The maximum Gasteiger partial charge on any atom is 0.341 e. The van der Waals surface area contributed by atoms with E-state index in [0.717, 1.165) is 53.4 Å². The number of ether oxygens (including phenoxy) is 1. The molecule has 5 nitrogen and oxygen atoms in total. The third-order valence-corrected chi connectivity index (χ3v) is 8.56. The number of nitrogens with zero attached hydrogens (tertiary/aromatic N) is 1. The van der Waals surface area contributed by atoms with Gasteiger partial charge in [-0.25, -0.2) is 9.78 Å². The molecule has 1 N–H and O–H groups in total. The Morgan fingerprint density at radius 3 is 2.56 bits per heavy atom. The van der Waals surface area contributed by atoms with E-state index in [1.54, 1.807) is 0 Å². The molecule has 0 saturated carbocycles. The number of pyridine rings is 1. The molecule has 0 fully saturated rings. The van der Waals surface area contributed by atoms with Crippen molar-refractivity contribution in [1.82, 2.24) is 4.98 Å². The van der Waals surface area contributed by atoms with Crippen LogP contribution < -0.4 is 5.32 Å². The fourth-order valence-electron chi connectivity index (χ4n) is 5.14. The number of rotatable bonds is 6. The Morgan fingerprint density at radius 2 is 1.85 bits per heavy atom. The standard InChI is InChI=1S/C33H36N2O3S/c1-6-17-38-32(37)29-24-16-11-20(2)18-28(24)39-31(29)35-30(36)25-19-27(34-26-10-8-7-9-23(25)26)21-12-14-22(15-13-21)33(3,4)5/h7-10,12-15,19-20H,6,11,16-18H2,1-5H3,(H,35,36)/t20-/m1/s1. The Bertz CT molecular complexity index is 1530. The van der Waals surface area contributed by atoms with Crippen molar-refractivity contribution in [1.29, 1.82) is 0 Å². The van der Waals surface area contributed by atoms with E-state index >= 15 is 0 Å². The minimum atomic E-state index is -0.349. The molecule has 0 spiro atoms. The van der Waals surface area contributed by atoms with Gasteiger partial charge in [0, 0.05) is 15.8 Å². The summed E-state index contributed by atoms with van der Waals surface area (Å²) in [6, 6.07) is 17.9. The Morgan fingerprint density at radius 1 is 1.10 bits per heavy atom. The Hall–Kier alpha value is -3.51. The average molecular weight is 541 g/mol. The molecule has 4 aromatic rings. The van der Waals surface area contributed by atoms with E-state index in [4.69, 9.17) is 9.72 Å². The number of carbonyl (C=O) groups is 2. The second-order valence-corrected chi connectivity index (χ2v) is 12.7. The first-order chi connectivity index (χ1) is 18.7. The predicted molar refractivity (Wildman–Crippen MR) is 160 cm³/mol. The largest absolute Gasteiger partial charge is 0.462 e. The fourth-order valence-corrected chi connectivity index (χ4v) is 6.54. The SMILES string of the molecule is CCCOC(=O)c1c(NC(=O)c2cc(-c3ccc(C(C)(C)C)cc3)nc3ccccc23)sc2c1CC[C@@H](C)C2. The Labute approximate surface area is 234 Å². The molecule has 2 heterocycles. The van der Waals surface area contributed by atoms with Gasteiger partial charge in [0.05, 0.1) is 28.9 Å². The average Bonchev–Trinajstić information content (AvgIpc) is 3.27. The molecule has 0 bridgehead atoms. The summed E-state index contributed by atoms with van der Waals surface area (Å²) in [6.07, 6.45) is 3.51. The third-order valence-electron chi connectivity index (χ3n) is 7.39. The number of benzene rings is 2. The summed E-state index contributed by atoms with van der Waals surface area (Å²) in [4.78, 5) is 33.1. The number of carbonyl (C=O) groups excluding carboxylic acids is 2. The van der Waals surface area contributed by atoms with Crippen molar-refractivity contribution in [3.8, 4) is 11.3 Å². The second kappa shape index (κ2) is 10.9. The number of anilines is 1. The van der Waals surface area contributed by atoms with Crippen molar-refractivity contribution in [2.24, 2.45) is 5.92 Å². The highest BCUT2D eigenvalue weighted by Gasteiger charge is 2.30. The molecule has 0 radical (unpaired) electrons. The lowest BCUT2D eigenvalue weighted by molar-refractivity contribution is 0.0505. The van der Waals surface area contributed by atoms with Gasteiger partial charge in [-0.2, -0.15) is 0 Å². The highest BCUT2D eigenvalue weighted by Crippen LogP contribution is 2.40. The molecule has 0 unspecified atom stereocenters. The maximum atomic E-state index is 13.9.